The van der Waals surface area contributed by atoms with Crippen LogP contribution in [-0.4, -0.2) is 49.2 Å². The maximum absolute atomic E-state index is 5.53. The van der Waals surface area contributed by atoms with Gasteiger partial charge in [-0.15, -0.1) is 0 Å². The van der Waals surface area contributed by atoms with Crippen molar-refractivity contribution in [2.24, 2.45) is 0 Å². The molecule has 2 unspecified atom stereocenters. The van der Waals surface area contributed by atoms with Crippen molar-refractivity contribution in [3.05, 3.63) is 29.8 Å². The normalized spacial score (nSPS) is 21.6. The summed E-state index contributed by atoms with van der Waals surface area (Å²) >= 11 is 2.06. The summed E-state index contributed by atoms with van der Waals surface area (Å²) in [7, 11) is 2.24. The molecule has 1 saturated heterocycles. The van der Waals surface area contributed by atoms with Crippen LogP contribution < -0.4 is 10.1 Å². The molecular formula is C16H26N2OS. The molecule has 1 aliphatic rings. The third-order valence-electron chi connectivity index (χ3n) is 3.80. The lowest BCUT2D eigenvalue weighted by Crippen LogP contribution is -2.47. The number of nitrogens with one attached hydrogen (secondary N) is 1. The second-order valence-electron chi connectivity index (χ2n) is 5.16. The standard InChI is InChI=1S/C16H26N2OS/c1-4-17-16(15-12-20-11-10-18(15)3)13-6-8-14(9-7-13)19-5-2/h6-9,15-17H,4-5,10-12H2,1-3H3. The lowest BCUT2D eigenvalue weighted by Gasteiger charge is -2.38. The van der Waals surface area contributed by atoms with Crippen LogP contribution in [0.5, 0.6) is 5.75 Å². The molecule has 0 amide bonds. The van der Waals surface area contributed by atoms with Gasteiger partial charge in [0.1, 0.15) is 5.75 Å². The average molecular weight is 294 g/mol. The van der Waals surface area contributed by atoms with Crippen LogP contribution in [0.15, 0.2) is 24.3 Å². The second-order valence-corrected chi connectivity index (χ2v) is 6.31. The summed E-state index contributed by atoms with van der Waals surface area (Å²) in [6.45, 7) is 7.08. The predicted molar refractivity (Wildman–Crippen MR) is 87.8 cm³/mol. The monoisotopic (exact) mass is 294 g/mol. The molecule has 1 heterocycles. The van der Waals surface area contributed by atoms with Crippen molar-refractivity contribution in [2.75, 3.05) is 38.2 Å². The van der Waals surface area contributed by atoms with Crippen molar-refractivity contribution in [3.8, 4) is 5.75 Å². The molecule has 0 aliphatic carbocycles. The number of thioether (sulfide) groups is 1. The molecule has 1 aromatic rings. The number of hydrogen-bond acceptors (Lipinski definition) is 4. The molecule has 2 atom stereocenters. The van der Waals surface area contributed by atoms with Crippen molar-refractivity contribution >= 4 is 11.8 Å². The van der Waals surface area contributed by atoms with Crippen LogP contribution in [0.25, 0.3) is 0 Å². The number of rotatable bonds is 6. The first kappa shape index (κ1) is 15.7. The van der Waals surface area contributed by atoms with Crippen LogP contribution in [0.2, 0.25) is 0 Å². The second kappa shape index (κ2) is 7.91. The molecule has 1 aliphatic heterocycles. The molecule has 112 valence electrons. The Morgan fingerprint density at radius 3 is 2.70 bits per heavy atom. The Kier molecular flexibility index (Phi) is 6.20. The van der Waals surface area contributed by atoms with Gasteiger partial charge in [0.15, 0.2) is 0 Å². The highest BCUT2D eigenvalue weighted by molar-refractivity contribution is 7.99. The summed E-state index contributed by atoms with van der Waals surface area (Å²) in [6, 6.07) is 9.52. The Morgan fingerprint density at radius 1 is 1.35 bits per heavy atom. The zero-order valence-corrected chi connectivity index (χ0v) is 13.6. The van der Waals surface area contributed by atoms with E-state index in [4.69, 9.17) is 4.74 Å². The topological polar surface area (TPSA) is 24.5 Å². The first-order valence-electron chi connectivity index (χ1n) is 7.50. The van der Waals surface area contributed by atoms with E-state index in [1.807, 2.05) is 6.92 Å². The lowest BCUT2D eigenvalue weighted by atomic mass is 9.99. The summed E-state index contributed by atoms with van der Waals surface area (Å²) in [5.41, 5.74) is 1.36. The molecule has 0 bridgehead atoms. The smallest absolute Gasteiger partial charge is 0.119 e. The Hall–Kier alpha value is -0.710. The lowest BCUT2D eigenvalue weighted by molar-refractivity contribution is 0.217. The largest absolute Gasteiger partial charge is 0.494 e. The average Bonchev–Trinajstić information content (AvgIpc) is 2.47. The number of nitrogens with zero attached hydrogens (tertiary/aromatic N) is 1. The molecule has 0 aromatic heterocycles. The molecule has 0 saturated carbocycles. The van der Waals surface area contributed by atoms with Gasteiger partial charge >= 0.3 is 0 Å². The van der Waals surface area contributed by atoms with E-state index in [9.17, 15) is 0 Å². The molecule has 3 nitrogen and oxygen atoms in total. The van der Waals surface area contributed by atoms with Gasteiger partial charge in [0.25, 0.3) is 0 Å². The van der Waals surface area contributed by atoms with Gasteiger partial charge in [-0.1, -0.05) is 19.1 Å². The summed E-state index contributed by atoms with van der Waals surface area (Å²) in [5.74, 6) is 3.40. The van der Waals surface area contributed by atoms with Crippen LogP contribution in [0.4, 0.5) is 0 Å². The summed E-state index contributed by atoms with van der Waals surface area (Å²) in [5, 5.41) is 3.65. The number of benzene rings is 1. The van der Waals surface area contributed by atoms with Gasteiger partial charge in [-0.2, -0.15) is 11.8 Å². The molecular weight excluding hydrogens is 268 g/mol. The van der Waals surface area contributed by atoms with Gasteiger partial charge < -0.3 is 10.1 Å². The highest BCUT2D eigenvalue weighted by atomic mass is 32.2. The van der Waals surface area contributed by atoms with E-state index in [1.54, 1.807) is 0 Å². The highest BCUT2D eigenvalue weighted by Crippen LogP contribution is 2.28. The van der Waals surface area contributed by atoms with Gasteiger partial charge in [0.05, 0.1) is 6.61 Å². The summed E-state index contributed by atoms with van der Waals surface area (Å²) in [6.07, 6.45) is 0. The number of likely N-dealkylation sites (N-methyl/N-ethyl adjacent to an activating group) is 2. The third-order valence-corrected chi connectivity index (χ3v) is 4.85. The van der Waals surface area contributed by atoms with E-state index in [0.29, 0.717) is 12.1 Å². The molecule has 0 spiro atoms. The van der Waals surface area contributed by atoms with E-state index in [1.165, 1.54) is 23.6 Å². The van der Waals surface area contributed by atoms with E-state index in [-0.39, 0.29) is 0 Å². The Labute approximate surface area is 127 Å². The number of hydrogen-bond donors (Lipinski definition) is 1. The minimum atomic E-state index is 0.397. The fourth-order valence-electron chi connectivity index (χ4n) is 2.69. The molecule has 2 rings (SSSR count). The van der Waals surface area contributed by atoms with Gasteiger partial charge in [-0.3, -0.25) is 4.90 Å². The van der Waals surface area contributed by atoms with Crippen molar-refractivity contribution in [2.45, 2.75) is 25.9 Å². The van der Waals surface area contributed by atoms with Crippen molar-refractivity contribution in [3.63, 3.8) is 0 Å². The maximum Gasteiger partial charge on any atom is 0.119 e. The van der Waals surface area contributed by atoms with Crippen LogP contribution in [0.3, 0.4) is 0 Å². The highest BCUT2D eigenvalue weighted by Gasteiger charge is 2.28. The summed E-state index contributed by atoms with van der Waals surface area (Å²) < 4.78 is 5.53. The SMILES string of the molecule is CCNC(c1ccc(OCC)cc1)C1CSCCN1C. The molecule has 4 heteroatoms. The molecule has 1 aromatic carbocycles. The third kappa shape index (κ3) is 3.90. The first-order chi connectivity index (χ1) is 9.76. The Balaban J connectivity index is 2.14. The van der Waals surface area contributed by atoms with Crippen molar-refractivity contribution in [1.29, 1.82) is 0 Å². The van der Waals surface area contributed by atoms with Crippen molar-refractivity contribution in [1.82, 2.24) is 10.2 Å². The zero-order chi connectivity index (χ0) is 14.4. The quantitative estimate of drug-likeness (QED) is 0.872. The van der Waals surface area contributed by atoms with Crippen LogP contribution in [0.1, 0.15) is 25.5 Å². The molecule has 1 fully saturated rings. The first-order valence-corrected chi connectivity index (χ1v) is 8.65. The number of ether oxygens (including phenoxy) is 1. The van der Waals surface area contributed by atoms with Crippen LogP contribution in [0, 0.1) is 0 Å². The van der Waals surface area contributed by atoms with E-state index >= 15 is 0 Å². The van der Waals surface area contributed by atoms with Crippen LogP contribution in [-0.2, 0) is 0 Å². The van der Waals surface area contributed by atoms with Gasteiger partial charge in [-0.25, -0.2) is 0 Å². The minimum Gasteiger partial charge on any atom is -0.494 e. The fourth-order valence-corrected chi connectivity index (χ4v) is 3.96. The molecule has 0 radical (unpaired) electrons. The van der Waals surface area contributed by atoms with Gasteiger partial charge in [-0.05, 0) is 38.2 Å². The van der Waals surface area contributed by atoms with E-state index in [2.05, 4.69) is 60.2 Å². The van der Waals surface area contributed by atoms with E-state index in [0.717, 1.165) is 18.9 Å². The van der Waals surface area contributed by atoms with Crippen molar-refractivity contribution < 1.29 is 4.74 Å². The predicted octanol–water partition coefficient (Wildman–Crippen LogP) is 2.78. The van der Waals surface area contributed by atoms with Gasteiger partial charge in [0.2, 0.25) is 0 Å². The fraction of sp³-hybridized carbons (Fsp3) is 0.625. The Bertz CT molecular complexity index is 396. The zero-order valence-electron chi connectivity index (χ0n) is 12.8. The minimum absolute atomic E-state index is 0.397. The van der Waals surface area contributed by atoms with Gasteiger partial charge in [0, 0.05) is 30.1 Å². The maximum atomic E-state index is 5.53. The Morgan fingerprint density at radius 2 is 2.10 bits per heavy atom. The molecule has 20 heavy (non-hydrogen) atoms. The molecule has 1 N–H and O–H groups in total. The van der Waals surface area contributed by atoms with E-state index < -0.39 is 0 Å². The summed E-state index contributed by atoms with van der Waals surface area (Å²) in [4.78, 5) is 2.49. The van der Waals surface area contributed by atoms with Crippen LogP contribution >= 0.6 is 11.8 Å².